The molecule has 0 aliphatic heterocycles. The molecule has 17 heavy (non-hydrogen) atoms. The van der Waals surface area contributed by atoms with Gasteiger partial charge in [0.25, 0.3) is 0 Å². The van der Waals surface area contributed by atoms with Crippen molar-refractivity contribution in [2.24, 2.45) is 5.73 Å². The second-order valence-corrected chi connectivity index (χ2v) is 3.92. The fraction of sp³-hybridized carbons (Fsp3) is 0.462. The highest BCUT2D eigenvalue weighted by atomic mass is 16.5. The van der Waals surface area contributed by atoms with Gasteiger partial charge in [0.1, 0.15) is 5.75 Å². The first kappa shape index (κ1) is 13.5. The Bertz CT molecular complexity index is 365. The summed E-state index contributed by atoms with van der Waals surface area (Å²) in [5, 5.41) is 8.99. The van der Waals surface area contributed by atoms with Crippen LogP contribution in [0.15, 0.2) is 24.3 Å². The first-order valence-electron chi connectivity index (χ1n) is 5.85. The lowest BCUT2D eigenvalue weighted by Gasteiger charge is -2.14. The van der Waals surface area contributed by atoms with Gasteiger partial charge in [-0.3, -0.25) is 0 Å². The Morgan fingerprint density at radius 2 is 2.29 bits per heavy atom. The van der Waals surface area contributed by atoms with Crippen LogP contribution < -0.4 is 10.5 Å². The number of aliphatic carboxylic acids is 1. The third kappa shape index (κ3) is 4.44. The summed E-state index contributed by atoms with van der Waals surface area (Å²) in [6.07, 6.45) is 1.28. The van der Waals surface area contributed by atoms with E-state index < -0.39 is 12.1 Å². The highest BCUT2D eigenvalue weighted by Gasteiger charge is 2.17. The lowest BCUT2D eigenvalue weighted by atomic mass is 10.1. The molecule has 0 amide bonds. The Labute approximate surface area is 101 Å². The van der Waals surface area contributed by atoms with Crippen molar-refractivity contribution >= 4 is 5.97 Å². The number of nitrogens with two attached hydrogens (primary N) is 1. The van der Waals surface area contributed by atoms with E-state index in [0.717, 1.165) is 18.4 Å². The van der Waals surface area contributed by atoms with Gasteiger partial charge in [-0.15, -0.1) is 0 Å². The van der Waals surface area contributed by atoms with Gasteiger partial charge in [-0.05, 0) is 37.1 Å². The molecule has 4 heteroatoms. The summed E-state index contributed by atoms with van der Waals surface area (Å²) in [5.74, 6) is -0.326. The Hall–Kier alpha value is -1.55. The summed E-state index contributed by atoms with van der Waals surface area (Å²) in [7, 11) is 0. The average molecular weight is 237 g/mol. The van der Waals surface area contributed by atoms with Crippen molar-refractivity contribution in [1.29, 1.82) is 0 Å². The molecule has 1 aromatic carbocycles. The maximum atomic E-state index is 11.0. The molecule has 1 aromatic rings. The van der Waals surface area contributed by atoms with E-state index in [4.69, 9.17) is 15.6 Å². The summed E-state index contributed by atoms with van der Waals surface area (Å²) in [6, 6.07) is 7.42. The molecule has 94 valence electrons. The van der Waals surface area contributed by atoms with Crippen LogP contribution >= 0.6 is 0 Å². The van der Waals surface area contributed by atoms with Gasteiger partial charge in [0.2, 0.25) is 0 Å². The first-order valence-corrected chi connectivity index (χ1v) is 5.85. The lowest BCUT2D eigenvalue weighted by molar-refractivity contribution is -0.145. The van der Waals surface area contributed by atoms with Crippen molar-refractivity contribution in [3.8, 4) is 5.75 Å². The maximum absolute atomic E-state index is 11.0. The molecule has 1 unspecified atom stereocenters. The Balaban J connectivity index is 2.71. The number of ether oxygens (including phenoxy) is 1. The topological polar surface area (TPSA) is 72.5 Å². The zero-order valence-electron chi connectivity index (χ0n) is 10.1. The average Bonchev–Trinajstić information content (AvgIpc) is 2.29. The van der Waals surface area contributed by atoms with Gasteiger partial charge in [-0.1, -0.05) is 25.5 Å². The van der Waals surface area contributed by atoms with Crippen molar-refractivity contribution in [1.82, 2.24) is 0 Å². The third-order valence-corrected chi connectivity index (χ3v) is 2.44. The van der Waals surface area contributed by atoms with Crippen LogP contribution in [0.3, 0.4) is 0 Å². The minimum atomic E-state index is -0.920. The van der Waals surface area contributed by atoms with Crippen molar-refractivity contribution in [2.75, 3.05) is 6.54 Å². The molecule has 0 bridgehead atoms. The molecule has 0 radical (unpaired) electrons. The van der Waals surface area contributed by atoms with Crippen LogP contribution in [0.2, 0.25) is 0 Å². The van der Waals surface area contributed by atoms with Gasteiger partial charge in [-0.2, -0.15) is 0 Å². The smallest absolute Gasteiger partial charge is 0.344 e. The predicted molar refractivity (Wildman–Crippen MR) is 66.2 cm³/mol. The molecule has 0 aliphatic rings. The number of carboxylic acid groups (broad SMARTS) is 1. The molecule has 1 rings (SSSR count). The minimum Gasteiger partial charge on any atom is -0.479 e. The number of carbonyl (C=O) groups is 1. The summed E-state index contributed by atoms with van der Waals surface area (Å²) in [5.41, 5.74) is 6.53. The fourth-order valence-electron chi connectivity index (χ4n) is 1.60. The summed E-state index contributed by atoms with van der Waals surface area (Å²) >= 11 is 0. The maximum Gasteiger partial charge on any atom is 0.344 e. The first-order chi connectivity index (χ1) is 8.17. The van der Waals surface area contributed by atoms with Crippen molar-refractivity contribution < 1.29 is 14.6 Å². The molecule has 1 atom stereocenters. The van der Waals surface area contributed by atoms with E-state index in [1.807, 2.05) is 25.1 Å². The molecule has 3 N–H and O–H groups in total. The number of rotatable bonds is 7. The van der Waals surface area contributed by atoms with Crippen LogP contribution in [0.4, 0.5) is 0 Å². The normalized spacial score (nSPS) is 12.1. The van der Waals surface area contributed by atoms with E-state index >= 15 is 0 Å². The molecule has 0 aliphatic carbocycles. The summed E-state index contributed by atoms with van der Waals surface area (Å²) in [4.78, 5) is 11.0. The Morgan fingerprint density at radius 3 is 2.88 bits per heavy atom. The van der Waals surface area contributed by atoms with E-state index in [9.17, 15) is 4.79 Å². The second-order valence-electron chi connectivity index (χ2n) is 3.92. The van der Waals surface area contributed by atoms with Crippen molar-refractivity contribution in [3.63, 3.8) is 0 Å². The predicted octanol–water partition coefficient (Wildman–Crippen LogP) is 1.82. The number of benzene rings is 1. The molecule has 0 saturated heterocycles. The van der Waals surface area contributed by atoms with Gasteiger partial charge >= 0.3 is 5.97 Å². The van der Waals surface area contributed by atoms with E-state index in [0.29, 0.717) is 18.7 Å². The van der Waals surface area contributed by atoms with Crippen LogP contribution in [0, 0.1) is 0 Å². The molecular formula is C13H19NO3. The minimum absolute atomic E-state index is 0.510. The van der Waals surface area contributed by atoms with Crippen LogP contribution in [-0.4, -0.2) is 23.7 Å². The fourth-order valence-corrected chi connectivity index (χ4v) is 1.60. The van der Waals surface area contributed by atoms with Crippen molar-refractivity contribution in [3.05, 3.63) is 29.8 Å². The molecule has 0 fully saturated rings. The van der Waals surface area contributed by atoms with E-state index in [1.54, 1.807) is 6.07 Å². The van der Waals surface area contributed by atoms with Gasteiger partial charge in [0.15, 0.2) is 6.10 Å². The highest BCUT2D eigenvalue weighted by Crippen LogP contribution is 2.17. The van der Waals surface area contributed by atoms with E-state index in [-0.39, 0.29) is 0 Å². The van der Waals surface area contributed by atoms with Crippen LogP contribution in [-0.2, 0) is 11.2 Å². The third-order valence-electron chi connectivity index (χ3n) is 2.44. The monoisotopic (exact) mass is 237 g/mol. The van der Waals surface area contributed by atoms with Gasteiger partial charge in [0.05, 0.1) is 0 Å². The van der Waals surface area contributed by atoms with Crippen LogP contribution in [0.1, 0.15) is 25.3 Å². The number of hydrogen-bond acceptors (Lipinski definition) is 3. The van der Waals surface area contributed by atoms with Gasteiger partial charge in [-0.25, -0.2) is 4.79 Å². The largest absolute Gasteiger partial charge is 0.479 e. The summed E-state index contributed by atoms with van der Waals surface area (Å²) in [6.45, 7) is 2.50. The highest BCUT2D eigenvalue weighted by molar-refractivity contribution is 5.72. The zero-order valence-corrected chi connectivity index (χ0v) is 10.1. The van der Waals surface area contributed by atoms with Crippen LogP contribution in [0.5, 0.6) is 5.75 Å². The molecule has 0 aromatic heterocycles. The number of hydrogen-bond donors (Lipinski definition) is 2. The molecule has 0 heterocycles. The molecule has 0 saturated carbocycles. The zero-order chi connectivity index (χ0) is 12.7. The lowest BCUT2D eigenvalue weighted by Crippen LogP contribution is -2.26. The van der Waals surface area contributed by atoms with Crippen molar-refractivity contribution in [2.45, 2.75) is 32.3 Å². The quantitative estimate of drug-likeness (QED) is 0.758. The Morgan fingerprint density at radius 1 is 1.53 bits per heavy atom. The molecule has 4 nitrogen and oxygen atoms in total. The van der Waals surface area contributed by atoms with Gasteiger partial charge < -0.3 is 15.6 Å². The second kappa shape index (κ2) is 6.91. The Kier molecular flexibility index (Phi) is 5.49. The molecular weight excluding hydrogens is 218 g/mol. The standard InChI is InChI=1S/C13H19NO3/c1-2-4-12(13(15)16)17-11-6-3-5-10(9-11)7-8-14/h3,5-6,9,12H,2,4,7-8,14H2,1H3,(H,15,16). The molecule has 0 spiro atoms. The summed E-state index contributed by atoms with van der Waals surface area (Å²) < 4.78 is 5.46. The van der Waals surface area contributed by atoms with E-state index in [2.05, 4.69) is 0 Å². The SMILES string of the molecule is CCCC(Oc1cccc(CCN)c1)C(=O)O. The van der Waals surface area contributed by atoms with Crippen LogP contribution in [0.25, 0.3) is 0 Å². The number of carboxylic acids is 1. The van der Waals surface area contributed by atoms with Gasteiger partial charge in [0, 0.05) is 0 Å². The van der Waals surface area contributed by atoms with E-state index in [1.165, 1.54) is 0 Å².